The van der Waals surface area contributed by atoms with Crippen LogP contribution < -0.4 is 10.1 Å². The van der Waals surface area contributed by atoms with Gasteiger partial charge < -0.3 is 19.7 Å². The molecule has 2 aromatic rings. The Balaban J connectivity index is 1.83. The van der Waals surface area contributed by atoms with Crippen LogP contribution in [0.1, 0.15) is 88.2 Å². The minimum Gasteiger partial charge on any atom is -0.493 e. The second-order valence-corrected chi connectivity index (χ2v) is 11.5. The number of hydrogen-bond donors (Lipinski definition) is 1. The van der Waals surface area contributed by atoms with E-state index in [-0.39, 0.29) is 23.8 Å². The van der Waals surface area contributed by atoms with Gasteiger partial charge in [0.25, 0.3) is 5.91 Å². The van der Waals surface area contributed by atoms with E-state index < -0.39 is 11.6 Å². The molecule has 1 atom stereocenters. The molecule has 3 rings (SSSR count). The molecule has 206 valence electrons. The fourth-order valence-corrected chi connectivity index (χ4v) is 4.51. The molecule has 2 amide bonds. The van der Waals surface area contributed by atoms with Crippen molar-refractivity contribution in [2.24, 2.45) is 0 Å². The van der Waals surface area contributed by atoms with E-state index in [1.54, 1.807) is 24.0 Å². The van der Waals surface area contributed by atoms with Gasteiger partial charge in [0.05, 0.1) is 13.2 Å². The van der Waals surface area contributed by atoms with Crippen molar-refractivity contribution in [2.75, 3.05) is 13.2 Å². The zero-order chi connectivity index (χ0) is 27.7. The van der Waals surface area contributed by atoms with Crippen molar-refractivity contribution in [3.63, 3.8) is 0 Å². The van der Waals surface area contributed by atoms with Crippen LogP contribution in [0.15, 0.2) is 53.0 Å². The summed E-state index contributed by atoms with van der Waals surface area (Å²) in [6.45, 7) is 8.42. The van der Waals surface area contributed by atoms with Gasteiger partial charge in [0.1, 0.15) is 11.8 Å². The smallest absolute Gasteiger partial charge is 0.305 e. The predicted molar refractivity (Wildman–Crippen MR) is 151 cm³/mol. The summed E-state index contributed by atoms with van der Waals surface area (Å²) < 4.78 is 12.0. The number of hydrogen-bond acceptors (Lipinski definition) is 5. The molecule has 0 aromatic heterocycles. The highest BCUT2D eigenvalue weighted by Crippen LogP contribution is 2.39. The number of benzene rings is 2. The molecular formula is C30H39BrN2O5. The molecule has 8 heteroatoms. The van der Waals surface area contributed by atoms with E-state index in [0.717, 1.165) is 36.6 Å². The SMILES string of the molecule is CCOC(=O)CCCCCOc1ccccc1C(C(=O)NC(C)(C)C)N(C(=O)c1ccc(Br)cc1)C1CC1. The number of amides is 2. The van der Waals surface area contributed by atoms with Crippen molar-refractivity contribution in [1.82, 2.24) is 10.2 Å². The van der Waals surface area contributed by atoms with Crippen LogP contribution in [0, 0.1) is 0 Å². The first-order valence-corrected chi connectivity index (χ1v) is 14.2. The standard InChI is InChI=1S/C30H39BrN2O5/c1-5-37-26(34)13-7-6-10-20-38-25-12-9-8-11-24(25)27(28(35)32-30(2,3)4)33(23-18-19-23)29(36)21-14-16-22(31)17-15-21/h8-9,11-12,14-17,23,27H,5-7,10,13,18-20H2,1-4H3,(H,32,35). The second-order valence-electron chi connectivity index (χ2n) is 10.6. The summed E-state index contributed by atoms with van der Waals surface area (Å²) in [5.41, 5.74) is 0.728. The van der Waals surface area contributed by atoms with Gasteiger partial charge in [-0.25, -0.2) is 0 Å². The highest BCUT2D eigenvalue weighted by Gasteiger charge is 2.43. The molecular weight excluding hydrogens is 548 g/mol. The van der Waals surface area contributed by atoms with E-state index in [9.17, 15) is 14.4 Å². The first kappa shape index (κ1) is 29.7. The van der Waals surface area contributed by atoms with Crippen molar-refractivity contribution in [2.45, 2.75) is 83.8 Å². The average Bonchev–Trinajstić information content (AvgIpc) is 3.69. The van der Waals surface area contributed by atoms with Crippen LogP contribution in [-0.2, 0) is 14.3 Å². The number of carbonyl (C=O) groups excluding carboxylic acids is 3. The van der Waals surface area contributed by atoms with E-state index in [2.05, 4.69) is 21.2 Å². The van der Waals surface area contributed by atoms with Crippen molar-refractivity contribution in [3.05, 3.63) is 64.1 Å². The number of rotatable bonds is 13. The fourth-order valence-electron chi connectivity index (χ4n) is 4.24. The van der Waals surface area contributed by atoms with E-state index in [1.807, 2.05) is 57.2 Å². The Morgan fingerprint density at radius 2 is 1.71 bits per heavy atom. The van der Waals surface area contributed by atoms with Crippen LogP contribution in [0.3, 0.4) is 0 Å². The fraction of sp³-hybridized carbons (Fsp3) is 0.500. The van der Waals surface area contributed by atoms with Gasteiger partial charge in [0.2, 0.25) is 5.91 Å². The molecule has 0 spiro atoms. The summed E-state index contributed by atoms with van der Waals surface area (Å²) in [6, 6.07) is 13.8. The third kappa shape index (κ3) is 8.86. The predicted octanol–water partition coefficient (Wildman–Crippen LogP) is 6.21. The minimum atomic E-state index is -0.835. The number of nitrogens with one attached hydrogen (secondary N) is 1. The number of para-hydroxylation sites is 1. The molecule has 1 saturated carbocycles. The number of nitrogens with zero attached hydrogens (tertiary/aromatic N) is 1. The topological polar surface area (TPSA) is 84.9 Å². The van der Waals surface area contributed by atoms with Crippen LogP contribution in [0.25, 0.3) is 0 Å². The minimum absolute atomic E-state index is 0.0159. The zero-order valence-corrected chi connectivity index (χ0v) is 24.4. The van der Waals surface area contributed by atoms with E-state index in [1.165, 1.54) is 0 Å². The quantitative estimate of drug-likeness (QED) is 0.223. The van der Waals surface area contributed by atoms with Crippen LogP contribution in [0.4, 0.5) is 0 Å². The maximum atomic E-state index is 13.8. The lowest BCUT2D eigenvalue weighted by Gasteiger charge is -2.34. The molecule has 1 aliphatic rings. The van der Waals surface area contributed by atoms with E-state index in [4.69, 9.17) is 9.47 Å². The molecule has 0 bridgehead atoms. The third-order valence-corrected chi connectivity index (χ3v) is 6.62. The monoisotopic (exact) mass is 586 g/mol. The lowest BCUT2D eigenvalue weighted by molar-refractivity contribution is -0.143. The van der Waals surface area contributed by atoms with E-state index >= 15 is 0 Å². The summed E-state index contributed by atoms with van der Waals surface area (Å²) in [7, 11) is 0. The van der Waals surface area contributed by atoms with Gasteiger partial charge in [-0.1, -0.05) is 34.1 Å². The summed E-state index contributed by atoms with van der Waals surface area (Å²) in [5.74, 6) is -0.00791. The van der Waals surface area contributed by atoms with Crippen LogP contribution >= 0.6 is 15.9 Å². The molecule has 2 aromatic carbocycles. The number of halogens is 1. The molecule has 0 aliphatic heterocycles. The number of carbonyl (C=O) groups is 3. The molecule has 1 N–H and O–H groups in total. The van der Waals surface area contributed by atoms with Gasteiger partial charge in [-0.3, -0.25) is 14.4 Å². The first-order chi connectivity index (χ1) is 18.1. The van der Waals surface area contributed by atoms with Gasteiger partial charge in [0, 0.05) is 33.6 Å². The van der Waals surface area contributed by atoms with Gasteiger partial charge in [-0.2, -0.15) is 0 Å². The summed E-state index contributed by atoms with van der Waals surface area (Å²) in [6.07, 6.45) is 4.42. The average molecular weight is 588 g/mol. The van der Waals surface area contributed by atoms with Crippen LogP contribution in [-0.4, -0.2) is 47.5 Å². The first-order valence-electron chi connectivity index (χ1n) is 13.4. The van der Waals surface area contributed by atoms with Gasteiger partial charge in [-0.05, 0) is 90.1 Å². The van der Waals surface area contributed by atoms with Crippen LogP contribution in [0.2, 0.25) is 0 Å². The molecule has 1 unspecified atom stereocenters. The summed E-state index contributed by atoms with van der Waals surface area (Å²) in [5, 5.41) is 3.09. The van der Waals surface area contributed by atoms with Gasteiger partial charge >= 0.3 is 5.97 Å². The summed E-state index contributed by atoms with van der Waals surface area (Å²) >= 11 is 3.43. The van der Waals surface area contributed by atoms with Crippen molar-refractivity contribution < 1.29 is 23.9 Å². The molecule has 7 nitrogen and oxygen atoms in total. The van der Waals surface area contributed by atoms with Gasteiger partial charge in [0.15, 0.2) is 0 Å². The Morgan fingerprint density at radius 1 is 1.03 bits per heavy atom. The zero-order valence-electron chi connectivity index (χ0n) is 22.8. The van der Waals surface area contributed by atoms with Crippen molar-refractivity contribution >= 4 is 33.7 Å². The lowest BCUT2D eigenvalue weighted by atomic mass is 9.99. The molecule has 0 radical (unpaired) electrons. The van der Waals surface area contributed by atoms with E-state index in [0.29, 0.717) is 36.5 Å². The highest BCUT2D eigenvalue weighted by atomic mass is 79.9. The highest BCUT2D eigenvalue weighted by molar-refractivity contribution is 9.10. The Kier molecular flexibility index (Phi) is 10.8. The number of ether oxygens (including phenoxy) is 2. The number of esters is 1. The molecule has 1 fully saturated rings. The van der Waals surface area contributed by atoms with Gasteiger partial charge in [-0.15, -0.1) is 0 Å². The Hall–Kier alpha value is -2.87. The second kappa shape index (κ2) is 13.8. The maximum absolute atomic E-state index is 13.8. The normalized spacial score (nSPS) is 13.9. The summed E-state index contributed by atoms with van der Waals surface area (Å²) in [4.78, 5) is 40.9. The van der Waals surface area contributed by atoms with Crippen molar-refractivity contribution in [3.8, 4) is 5.75 Å². The molecule has 38 heavy (non-hydrogen) atoms. The molecule has 1 aliphatic carbocycles. The third-order valence-electron chi connectivity index (χ3n) is 6.09. The maximum Gasteiger partial charge on any atom is 0.305 e. The molecule has 0 saturated heterocycles. The largest absolute Gasteiger partial charge is 0.493 e. The molecule has 0 heterocycles. The van der Waals surface area contributed by atoms with Crippen LogP contribution in [0.5, 0.6) is 5.75 Å². The van der Waals surface area contributed by atoms with Crippen molar-refractivity contribution in [1.29, 1.82) is 0 Å². The number of unbranched alkanes of at least 4 members (excludes halogenated alkanes) is 2. The Bertz CT molecular complexity index is 1090. The lowest BCUT2D eigenvalue weighted by Crippen LogP contribution is -2.50. The Labute approximate surface area is 234 Å². The Morgan fingerprint density at radius 3 is 2.34 bits per heavy atom.